The lowest BCUT2D eigenvalue weighted by Crippen LogP contribution is -2.26. The van der Waals surface area contributed by atoms with E-state index in [-0.39, 0.29) is 5.82 Å². The van der Waals surface area contributed by atoms with Crippen LogP contribution in [-0.2, 0) is 0 Å². The smallest absolute Gasteiger partial charge is 0.202 e. The summed E-state index contributed by atoms with van der Waals surface area (Å²) in [5.74, 6) is -0.180. The minimum Gasteiger partial charge on any atom is -0.371 e. The number of allylic oxidation sites excluding steroid dienone is 5. The minimum atomic E-state index is -0.180. The molecule has 0 saturated heterocycles. The molecule has 3 heteroatoms. The van der Waals surface area contributed by atoms with Crippen molar-refractivity contribution in [3.05, 3.63) is 94.3 Å². The predicted octanol–water partition coefficient (Wildman–Crippen LogP) is 9.91. The quantitative estimate of drug-likeness (QED) is 0.203. The number of nitrogens with zero attached hydrogens (tertiary/aromatic N) is 2. The van der Waals surface area contributed by atoms with Crippen LogP contribution in [0.4, 0.5) is 10.1 Å². The van der Waals surface area contributed by atoms with Crippen molar-refractivity contribution in [1.82, 2.24) is 0 Å². The number of aryl methyl sites for hydroxylation is 1. The van der Waals surface area contributed by atoms with Crippen molar-refractivity contribution >= 4 is 17.0 Å². The largest absolute Gasteiger partial charge is 0.371 e. The highest BCUT2D eigenvalue weighted by molar-refractivity contribution is 6.07. The Kier molecular flexibility index (Phi) is 12.9. The Morgan fingerprint density at radius 2 is 1.40 bits per heavy atom. The number of halogens is 1. The standard InChI is InChI=1S/C37H52FN2/c1-7-11-23-39(24-12-8-2)35-21-19-31(27-29(35)5)37(33-17-15-16-18-34(33)38)32-20-22-36(30(6)28-32)40(25-13-9-3)26-14-10-4/h15-22,27-28H,7-14,23-26H2,1-6H3/q+1. The van der Waals surface area contributed by atoms with Crippen LogP contribution < -0.4 is 4.90 Å². The van der Waals surface area contributed by atoms with E-state index in [1.807, 2.05) is 12.1 Å². The SMILES string of the molecule is CCCCN(CCCC)c1ccc(/C(=C2\C=CC(=[N+](CCCC)CCCC)C(C)=C2)c2ccccc2F)cc1C. The van der Waals surface area contributed by atoms with Crippen LogP contribution >= 0.6 is 0 Å². The van der Waals surface area contributed by atoms with Crippen molar-refractivity contribution in [2.75, 3.05) is 31.1 Å². The van der Waals surface area contributed by atoms with Gasteiger partial charge in [0.1, 0.15) is 18.9 Å². The van der Waals surface area contributed by atoms with Crippen LogP contribution in [0.3, 0.4) is 0 Å². The molecule has 0 heterocycles. The molecule has 2 nitrogen and oxygen atoms in total. The molecular weight excluding hydrogens is 491 g/mol. The first-order chi connectivity index (χ1) is 19.4. The van der Waals surface area contributed by atoms with Crippen LogP contribution in [-0.4, -0.2) is 36.5 Å². The first-order valence-electron chi connectivity index (χ1n) is 15.8. The molecule has 0 bridgehead atoms. The second-order valence-electron chi connectivity index (χ2n) is 11.2. The lowest BCUT2D eigenvalue weighted by molar-refractivity contribution is -0.527. The van der Waals surface area contributed by atoms with Gasteiger partial charge in [-0.1, -0.05) is 77.6 Å². The van der Waals surface area contributed by atoms with Gasteiger partial charge in [0.2, 0.25) is 5.71 Å². The Morgan fingerprint density at radius 3 is 1.95 bits per heavy atom. The van der Waals surface area contributed by atoms with Crippen molar-refractivity contribution in [3.8, 4) is 0 Å². The third-order valence-corrected chi connectivity index (χ3v) is 7.92. The van der Waals surface area contributed by atoms with Gasteiger partial charge >= 0.3 is 0 Å². The Morgan fingerprint density at radius 1 is 0.775 bits per heavy atom. The maximum absolute atomic E-state index is 15.3. The molecule has 0 spiro atoms. The van der Waals surface area contributed by atoms with Crippen molar-refractivity contribution < 1.29 is 8.97 Å². The van der Waals surface area contributed by atoms with Gasteiger partial charge < -0.3 is 4.90 Å². The van der Waals surface area contributed by atoms with E-state index < -0.39 is 0 Å². The molecule has 0 fully saturated rings. The van der Waals surface area contributed by atoms with Gasteiger partial charge in [0.15, 0.2) is 0 Å². The third-order valence-electron chi connectivity index (χ3n) is 7.92. The fraction of sp³-hybridized carbons (Fsp3) is 0.486. The van der Waals surface area contributed by atoms with Crippen LogP contribution in [0.1, 0.15) is 103 Å². The molecule has 1 aliphatic carbocycles. The molecule has 0 aliphatic heterocycles. The first kappa shape index (κ1) is 31.6. The van der Waals surface area contributed by atoms with Crippen LogP contribution in [0.25, 0.3) is 5.57 Å². The maximum atomic E-state index is 15.3. The molecule has 0 N–H and O–H groups in total. The molecule has 216 valence electrons. The average molecular weight is 544 g/mol. The second kappa shape index (κ2) is 16.4. The molecule has 0 unspecified atom stereocenters. The van der Waals surface area contributed by atoms with Gasteiger partial charge in [-0.05, 0) is 79.3 Å². The molecule has 1 aliphatic rings. The zero-order chi connectivity index (χ0) is 28.9. The topological polar surface area (TPSA) is 6.25 Å². The summed E-state index contributed by atoms with van der Waals surface area (Å²) in [7, 11) is 0. The number of benzene rings is 2. The highest BCUT2D eigenvalue weighted by atomic mass is 19.1. The number of hydrogen-bond acceptors (Lipinski definition) is 1. The molecule has 0 saturated carbocycles. The van der Waals surface area contributed by atoms with Gasteiger partial charge in [-0.15, -0.1) is 0 Å². The summed E-state index contributed by atoms with van der Waals surface area (Å²) in [5, 5.41) is 0. The van der Waals surface area contributed by atoms with Gasteiger partial charge in [-0.3, -0.25) is 0 Å². The fourth-order valence-electron chi connectivity index (χ4n) is 5.57. The molecule has 0 aromatic heterocycles. The highest BCUT2D eigenvalue weighted by Crippen LogP contribution is 2.35. The summed E-state index contributed by atoms with van der Waals surface area (Å²) in [6, 6.07) is 13.9. The maximum Gasteiger partial charge on any atom is 0.202 e. The Hall–Kier alpha value is -2.94. The fourth-order valence-corrected chi connectivity index (χ4v) is 5.57. The summed E-state index contributed by atoms with van der Waals surface area (Å²) < 4.78 is 17.9. The van der Waals surface area contributed by atoms with Crippen molar-refractivity contribution in [1.29, 1.82) is 0 Å². The van der Waals surface area contributed by atoms with Gasteiger partial charge in [0.05, 0.1) is 0 Å². The molecule has 0 amide bonds. The molecule has 0 radical (unpaired) electrons. The van der Waals surface area contributed by atoms with E-state index in [1.165, 1.54) is 73.9 Å². The van der Waals surface area contributed by atoms with E-state index in [1.54, 1.807) is 12.1 Å². The van der Waals surface area contributed by atoms with Crippen LogP contribution in [0, 0.1) is 12.7 Å². The van der Waals surface area contributed by atoms with E-state index in [4.69, 9.17) is 0 Å². The van der Waals surface area contributed by atoms with E-state index in [0.29, 0.717) is 5.56 Å². The van der Waals surface area contributed by atoms with Gasteiger partial charge in [0, 0.05) is 48.8 Å². The Bertz CT molecular complexity index is 1210. The zero-order valence-corrected chi connectivity index (χ0v) is 26.0. The summed E-state index contributed by atoms with van der Waals surface area (Å²) in [6.45, 7) is 17.7. The number of unbranched alkanes of at least 4 members (excludes halogenated alkanes) is 4. The van der Waals surface area contributed by atoms with Crippen molar-refractivity contribution in [3.63, 3.8) is 0 Å². The zero-order valence-electron chi connectivity index (χ0n) is 26.0. The summed E-state index contributed by atoms with van der Waals surface area (Å²) in [4.78, 5) is 2.54. The predicted molar refractivity (Wildman–Crippen MR) is 173 cm³/mol. The van der Waals surface area contributed by atoms with Crippen molar-refractivity contribution in [2.24, 2.45) is 0 Å². The lowest BCUT2D eigenvalue weighted by Gasteiger charge is -2.27. The lowest BCUT2D eigenvalue weighted by atomic mass is 9.88. The summed E-state index contributed by atoms with van der Waals surface area (Å²) in [5.41, 5.74) is 8.85. The number of hydrogen-bond donors (Lipinski definition) is 0. The first-order valence-corrected chi connectivity index (χ1v) is 15.8. The number of rotatable bonds is 15. The van der Waals surface area contributed by atoms with E-state index >= 15 is 4.39 Å². The third kappa shape index (κ3) is 8.29. The van der Waals surface area contributed by atoms with Crippen molar-refractivity contribution in [2.45, 2.75) is 92.9 Å². The van der Waals surface area contributed by atoms with Crippen LogP contribution in [0.5, 0.6) is 0 Å². The molecule has 3 rings (SSSR count). The van der Waals surface area contributed by atoms with Gasteiger partial charge in [0.25, 0.3) is 0 Å². The summed E-state index contributed by atoms with van der Waals surface area (Å²) in [6.07, 6.45) is 16.2. The normalized spacial score (nSPS) is 14.4. The highest BCUT2D eigenvalue weighted by Gasteiger charge is 2.21. The molecule has 0 atom stereocenters. The monoisotopic (exact) mass is 543 g/mol. The molecule has 2 aromatic rings. The van der Waals surface area contributed by atoms with Gasteiger partial charge in [-0.25, -0.2) is 8.97 Å². The average Bonchev–Trinajstić information content (AvgIpc) is 2.95. The van der Waals surface area contributed by atoms with E-state index in [2.05, 4.69) is 87.4 Å². The van der Waals surface area contributed by atoms with Gasteiger partial charge in [-0.2, -0.15) is 0 Å². The second-order valence-corrected chi connectivity index (χ2v) is 11.2. The molecular formula is C37H52FN2+. The van der Waals surface area contributed by atoms with Crippen LogP contribution in [0.2, 0.25) is 0 Å². The summed E-state index contributed by atoms with van der Waals surface area (Å²) >= 11 is 0. The van der Waals surface area contributed by atoms with Crippen LogP contribution in [0.15, 0.2) is 71.8 Å². The Labute approximate surface area is 244 Å². The molecule has 40 heavy (non-hydrogen) atoms. The minimum absolute atomic E-state index is 0.180. The number of anilines is 1. The Balaban J connectivity index is 2.12. The molecule has 2 aromatic carbocycles. The van der Waals surface area contributed by atoms with E-state index in [9.17, 15) is 0 Å². The van der Waals surface area contributed by atoms with E-state index in [0.717, 1.165) is 42.9 Å².